The van der Waals surface area contributed by atoms with Gasteiger partial charge in [-0.2, -0.15) is 0 Å². The van der Waals surface area contributed by atoms with E-state index in [1.807, 2.05) is 30.3 Å². The molecular weight excluding hydrogens is 288 g/mol. The van der Waals surface area contributed by atoms with Crippen molar-refractivity contribution in [3.05, 3.63) is 78.4 Å². The Balaban J connectivity index is 1.91. The average molecular weight is 304 g/mol. The van der Waals surface area contributed by atoms with Crippen molar-refractivity contribution in [2.75, 3.05) is 11.1 Å². The van der Waals surface area contributed by atoms with Gasteiger partial charge in [0.25, 0.3) is 5.91 Å². The minimum atomic E-state index is -0.358. The Morgan fingerprint density at radius 1 is 0.870 bits per heavy atom. The number of phenols is 1. The van der Waals surface area contributed by atoms with E-state index in [-0.39, 0.29) is 11.7 Å². The van der Waals surface area contributed by atoms with Crippen LogP contribution in [0.2, 0.25) is 0 Å². The third-order valence-electron chi connectivity index (χ3n) is 3.56. The molecule has 23 heavy (non-hydrogen) atoms. The molecule has 0 saturated carbocycles. The van der Waals surface area contributed by atoms with Crippen molar-refractivity contribution in [1.29, 1.82) is 0 Å². The first-order chi connectivity index (χ1) is 11.1. The van der Waals surface area contributed by atoms with Crippen LogP contribution in [0, 0.1) is 0 Å². The van der Waals surface area contributed by atoms with Crippen LogP contribution in [0.5, 0.6) is 5.75 Å². The van der Waals surface area contributed by atoms with E-state index in [1.54, 1.807) is 42.5 Å². The summed E-state index contributed by atoms with van der Waals surface area (Å²) in [4.78, 5) is 12.3. The molecule has 0 heterocycles. The first-order valence-electron chi connectivity index (χ1n) is 7.19. The van der Waals surface area contributed by atoms with Gasteiger partial charge in [-0.15, -0.1) is 0 Å². The third-order valence-corrected chi connectivity index (χ3v) is 3.56. The zero-order valence-corrected chi connectivity index (χ0v) is 12.4. The molecule has 0 radical (unpaired) electrons. The average Bonchev–Trinajstić information content (AvgIpc) is 2.58. The molecule has 0 aliphatic heterocycles. The Morgan fingerprint density at radius 2 is 1.57 bits per heavy atom. The second-order valence-corrected chi connectivity index (χ2v) is 5.14. The predicted molar refractivity (Wildman–Crippen MR) is 92.4 cm³/mol. The summed E-state index contributed by atoms with van der Waals surface area (Å²) in [6, 6.07) is 21.6. The number of hydrogen-bond donors (Lipinski definition) is 3. The molecule has 0 aromatic heterocycles. The molecule has 4 N–H and O–H groups in total. The van der Waals surface area contributed by atoms with Crippen molar-refractivity contribution in [2.45, 2.75) is 0 Å². The van der Waals surface area contributed by atoms with E-state index in [2.05, 4.69) is 5.32 Å². The van der Waals surface area contributed by atoms with Gasteiger partial charge in [-0.05, 0) is 35.4 Å². The van der Waals surface area contributed by atoms with Crippen LogP contribution >= 0.6 is 0 Å². The summed E-state index contributed by atoms with van der Waals surface area (Å²) in [6.07, 6.45) is 0. The Labute approximate surface area is 134 Å². The van der Waals surface area contributed by atoms with E-state index in [1.165, 1.54) is 0 Å². The molecule has 3 aromatic rings. The highest BCUT2D eigenvalue weighted by atomic mass is 16.3. The highest BCUT2D eigenvalue weighted by Gasteiger charge is 2.12. The normalized spacial score (nSPS) is 10.3. The summed E-state index contributed by atoms with van der Waals surface area (Å²) in [5, 5.41) is 12.7. The van der Waals surface area contributed by atoms with E-state index in [4.69, 9.17) is 5.73 Å². The molecule has 0 aliphatic carbocycles. The van der Waals surface area contributed by atoms with Gasteiger partial charge in [0.05, 0.1) is 11.3 Å². The fourth-order valence-electron chi connectivity index (χ4n) is 2.34. The summed E-state index contributed by atoms with van der Waals surface area (Å²) in [6.45, 7) is 0. The molecule has 1 amide bonds. The Hall–Kier alpha value is -3.27. The Morgan fingerprint density at radius 3 is 2.30 bits per heavy atom. The van der Waals surface area contributed by atoms with Crippen LogP contribution in [-0.2, 0) is 0 Å². The van der Waals surface area contributed by atoms with E-state index in [9.17, 15) is 9.90 Å². The largest absolute Gasteiger partial charge is 0.506 e. The molecule has 114 valence electrons. The van der Waals surface area contributed by atoms with E-state index in [0.29, 0.717) is 16.9 Å². The highest BCUT2D eigenvalue weighted by molar-refractivity contribution is 6.08. The number of anilines is 2. The lowest BCUT2D eigenvalue weighted by Gasteiger charge is -2.11. The lowest BCUT2D eigenvalue weighted by atomic mass is 10.0. The Bertz CT molecular complexity index is 845. The van der Waals surface area contributed by atoms with Crippen LogP contribution in [-0.4, -0.2) is 11.0 Å². The smallest absolute Gasteiger partial charge is 0.257 e. The number of nitrogen functional groups attached to an aromatic ring is 1. The predicted octanol–water partition coefficient (Wildman–Crippen LogP) is 3.89. The molecule has 0 unspecified atom stereocenters. The number of carbonyl (C=O) groups is 1. The summed E-state index contributed by atoms with van der Waals surface area (Å²) in [5.74, 6) is -0.351. The number of aromatic hydroxyl groups is 1. The van der Waals surface area contributed by atoms with E-state index in [0.717, 1.165) is 11.1 Å². The fraction of sp³-hybridized carbons (Fsp3) is 0. The van der Waals surface area contributed by atoms with Crippen LogP contribution in [0.1, 0.15) is 10.4 Å². The number of carbonyl (C=O) groups excluding carboxylic acids is 1. The molecule has 3 rings (SSSR count). The van der Waals surface area contributed by atoms with Crippen LogP contribution in [0.4, 0.5) is 11.4 Å². The van der Waals surface area contributed by atoms with Gasteiger partial charge in [-0.25, -0.2) is 0 Å². The molecule has 0 aliphatic rings. The van der Waals surface area contributed by atoms with Crippen molar-refractivity contribution < 1.29 is 9.90 Å². The van der Waals surface area contributed by atoms with Gasteiger partial charge < -0.3 is 16.2 Å². The zero-order valence-electron chi connectivity index (χ0n) is 12.4. The number of hydrogen-bond acceptors (Lipinski definition) is 3. The molecule has 0 atom stereocenters. The number of rotatable bonds is 3. The number of para-hydroxylation sites is 1. The second-order valence-electron chi connectivity index (χ2n) is 5.14. The number of benzene rings is 3. The van der Waals surface area contributed by atoms with Gasteiger partial charge in [0, 0.05) is 5.69 Å². The van der Waals surface area contributed by atoms with Crippen molar-refractivity contribution in [3.8, 4) is 16.9 Å². The second kappa shape index (κ2) is 6.23. The topological polar surface area (TPSA) is 75.4 Å². The maximum absolute atomic E-state index is 12.3. The van der Waals surface area contributed by atoms with Crippen molar-refractivity contribution in [1.82, 2.24) is 0 Å². The summed E-state index contributed by atoms with van der Waals surface area (Å²) < 4.78 is 0. The van der Waals surface area contributed by atoms with Gasteiger partial charge in [0.2, 0.25) is 0 Å². The van der Waals surface area contributed by atoms with Crippen molar-refractivity contribution >= 4 is 17.3 Å². The molecule has 0 fully saturated rings. The van der Waals surface area contributed by atoms with Gasteiger partial charge in [-0.1, -0.05) is 48.5 Å². The van der Waals surface area contributed by atoms with Gasteiger partial charge in [0.1, 0.15) is 5.75 Å². The first-order valence-corrected chi connectivity index (χ1v) is 7.19. The van der Waals surface area contributed by atoms with Crippen LogP contribution in [0.15, 0.2) is 72.8 Å². The summed E-state index contributed by atoms with van der Waals surface area (Å²) in [5.41, 5.74) is 8.83. The summed E-state index contributed by atoms with van der Waals surface area (Å²) >= 11 is 0. The van der Waals surface area contributed by atoms with Crippen molar-refractivity contribution in [3.63, 3.8) is 0 Å². The quantitative estimate of drug-likeness (QED) is 0.507. The van der Waals surface area contributed by atoms with Gasteiger partial charge >= 0.3 is 0 Å². The minimum Gasteiger partial charge on any atom is -0.506 e. The van der Waals surface area contributed by atoms with Crippen LogP contribution < -0.4 is 11.1 Å². The lowest BCUT2D eigenvalue weighted by molar-refractivity contribution is 0.102. The lowest BCUT2D eigenvalue weighted by Crippen LogP contribution is -2.14. The van der Waals surface area contributed by atoms with Gasteiger partial charge in [-0.3, -0.25) is 4.79 Å². The molecule has 4 heteroatoms. The number of nitrogens with one attached hydrogen (secondary N) is 1. The molecular formula is C19H16N2O2. The molecule has 4 nitrogen and oxygen atoms in total. The zero-order chi connectivity index (χ0) is 16.2. The molecule has 0 spiro atoms. The van der Waals surface area contributed by atoms with Crippen LogP contribution in [0.25, 0.3) is 11.1 Å². The number of nitrogens with two attached hydrogens (primary N) is 1. The molecule has 3 aromatic carbocycles. The fourth-order valence-corrected chi connectivity index (χ4v) is 2.34. The SMILES string of the molecule is Nc1ccccc1C(=O)Nc1cc(-c2ccccc2)ccc1O. The third kappa shape index (κ3) is 3.16. The minimum absolute atomic E-state index is 0.00698. The standard InChI is InChI=1S/C19H16N2O2/c20-16-9-5-4-8-15(16)19(23)21-17-12-14(10-11-18(17)22)13-6-2-1-3-7-13/h1-12,22H,20H2,(H,21,23). The monoisotopic (exact) mass is 304 g/mol. The molecule has 0 bridgehead atoms. The number of amides is 1. The van der Waals surface area contributed by atoms with E-state index >= 15 is 0 Å². The number of phenolic OH excluding ortho intramolecular Hbond substituents is 1. The van der Waals surface area contributed by atoms with Crippen molar-refractivity contribution in [2.24, 2.45) is 0 Å². The first kappa shape index (κ1) is 14.7. The van der Waals surface area contributed by atoms with Crippen LogP contribution in [0.3, 0.4) is 0 Å². The van der Waals surface area contributed by atoms with E-state index < -0.39 is 0 Å². The maximum Gasteiger partial charge on any atom is 0.257 e. The Kier molecular flexibility index (Phi) is 3.97. The van der Waals surface area contributed by atoms with Gasteiger partial charge in [0.15, 0.2) is 0 Å². The maximum atomic E-state index is 12.3. The molecule has 0 saturated heterocycles. The highest BCUT2D eigenvalue weighted by Crippen LogP contribution is 2.30. The summed E-state index contributed by atoms with van der Waals surface area (Å²) in [7, 11) is 0.